The maximum absolute atomic E-state index is 5.04. The molecule has 31 heavy (non-hydrogen) atoms. The van der Waals surface area contributed by atoms with Gasteiger partial charge >= 0.3 is 0 Å². The van der Waals surface area contributed by atoms with Crippen LogP contribution in [0, 0.1) is 6.92 Å². The van der Waals surface area contributed by atoms with Gasteiger partial charge in [-0.05, 0) is 57.2 Å². The molecule has 7 nitrogen and oxygen atoms in total. The van der Waals surface area contributed by atoms with E-state index in [0.717, 1.165) is 65.9 Å². The molecule has 158 valence electrons. The molecule has 7 heteroatoms. The van der Waals surface area contributed by atoms with Crippen LogP contribution in [-0.4, -0.2) is 61.7 Å². The number of hydrogen-bond acceptors (Lipinski definition) is 6. The van der Waals surface area contributed by atoms with Gasteiger partial charge in [-0.1, -0.05) is 0 Å². The van der Waals surface area contributed by atoms with E-state index in [-0.39, 0.29) is 0 Å². The van der Waals surface area contributed by atoms with Gasteiger partial charge in [-0.3, -0.25) is 14.9 Å². The molecule has 1 aliphatic heterocycles. The lowest BCUT2D eigenvalue weighted by Gasteiger charge is -2.37. The van der Waals surface area contributed by atoms with Crippen molar-refractivity contribution in [1.29, 1.82) is 0 Å². The first kappa shape index (κ1) is 19.6. The van der Waals surface area contributed by atoms with E-state index in [9.17, 15) is 0 Å². The van der Waals surface area contributed by atoms with Crippen LogP contribution in [0.1, 0.15) is 19.5 Å². The van der Waals surface area contributed by atoms with Crippen molar-refractivity contribution in [2.45, 2.75) is 26.8 Å². The Labute approximate surface area is 182 Å². The molecule has 0 amide bonds. The molecule has 0 bridgehead atoms. The van der Waals surface area contributed by atoms with Gasteiger partial charge in [-0.15, -0.1) is 5.10 Å². The molecule has 0 saturated carbocycles. The second-order valence-corrected chi connectivity index (χ2v) is 8.31. The average molecular weight is 414 g/mol. The molecule has 4 aromatic rings. The minimum Gasteiger partial charge on any atom is -0.353 e. The third-order valence-corrected chi connectivity index (χ3v) is 5.94. The first-order valence-corrected chi connectivity index (χ1v) is 10.8. The van der Waals surface area contributed by atoms with Gasteiger partial charge in [-0.2, -0.15) is 0 Å². The highest BCUT2D eigenvalue weighted by molar-refractivity contribution is 5.81. The Morgan fingerprint density at radius 3 is 2.48 bits per heavy atom. The fourth-order valence-electron chi connectivity index (χ4n) is 4.22. The van der Waals surface area contributed by atoms with Crippen LogP contribution in [-0.2, 0) is 0 Å². The van der Waals surface area contributed by atoms with E-state index in [0.29, 0.717) is 6.04 Å². The number of nitrogens with zero attached hydrogens (tertiary/aromatic N) is 7. The average Bonchev–Trinajstić information content (AvgIpc) is 3.18. The Morgan fingerprint density at radius 1 is 0.935 bits per heavy atom. The highest BCUT2D eigenvalue weighted by atomic mass is 15.4. The predicted octanol–water partition coefficient (Wildman–Crippen LogP) is 3.69. The van der Waals surface area contributed by atoms with Crippen LogP contribution < -0.4 is 4.90 Å². The summed E-state index contributed by atoms with van der Waals surface area (Å²) < 4.78 is 1.97. The maximum Gasteiger partial charge on any atom is 0.155 e. The lowest BCUT2D eigenvalue weighted by Crippen LogP contribution is -2.49. The maximum atomic E-state index is 5.04. The highest BCUT2D eigenvalue weighted by Crippen LogP contribution is 2.32. The lowest BCUT2D eigenvalue weighted by atomic mass is 10.1. The van der Waals surface area contributed by atoms with E-state index in [1.54, 1.807) is 6.20 Å². The monoisotopic (exact) mass is 413 g/mol. The van der Waals surface area contributed by atoms with Crippen LogP contribution >= 0.6 is 0 Å². The molecule has 5 rings (SSSR count). The van der Waals surface area contributed by atoms with Crippen LogP contribution in [0.25, 0.3) is 28.2 Å². The van der Waals surface area contributed by atoms with Crippen molar-refractivity contribution in [3.05, 3.63) is 60.7 Å². The number of aromatic nitrogens is 5. The van der Waals surface area contributed by atoms with E-state index in [1.807, 2.05) is 42.0 Å². The molecule has 0 atom stereocenters. The summed E-state index contributed by atoms with van der Waals surface area (Å²) in [6.07, 6.45) is 5.47. The molecule has 1 aliphatic rings. The van der Waals surface area contributed by atoms with E-state index >= 15 is 0 Å². The third kappa shape index (κ3) is 3.77. The molecule has 1 saturated heterocycles. The molecule has 0 aliphatic carbocycles. The van der Waals surface area contributed by atoms with Crippen molar-refractivity contribution >= 4 is 11.5 Å². The van der Waals surface area contributed by atoms with Crippen molar-refractivity contribution in [3.8, 4) is 22.5 Å². The van der Waals surface area contributed by atoms with Crippen molar-refractivity contribution in [3.63, 3.8) is 0 Å². The van der Waals surface area contributed by atoms with Crippen molar-refractivity contribution in [1.82, 2.24) is 29.5 Å². The normalized spacial score (nSPS) is 15.2. The molecule has 0 spiro atoms. The molecular weight excluding hydrogens is 386 g/mol. The first-order valence-electron chi connectivity index (χ1n) is 10.8. The Hall–Kier alpha value is -3.32. The molecule has 1 fully saturated rings. The quantitative estimate of drug-likeness (QED) is 0.508. The zero-order valence-electron chi connectivity index (χ0n) is 18.2. The van der Waals surface area contributed by atoms with Gasteiger partial charge in [0.2, 0.25) is 0 Å². The number of fused-ring (bicyclic) bond motifs is 1. The summed E-state index contributed by atoms with van der Waals surface area (Å²) in [5, 5.41) is 5.04. The fraction of sp³-hybridized carbons (Fsp3) is 0.333. The zero-order valence-corrected chi connectivity index (χ0v) is 18.2. The summed E-state index contributed by atoms with van der Waals surface area (Å²) in [6, 6.07) is 12.8. The number of imidazole rings is 1. The molecule has 0 aromatic carbocycles. The summed E-state index contributed by atoms with van der Waals surface area (Å²) in [6.45, 7) is 10.6. The number of pyridine rings is 2. The van der Waals surface area contributed by atoms with Crippen LogP contribution in [0.2, 0.25) is 0 Å². The molecule has 0 unspecified atom stereocenters. The van der Waals surface area contributed by atoms with Crippen LogP contribution in [0.15, 0.2) is 55.0 Å². The zero-order chi connectivity index (χ0) is 21.4. The molecule has 0 radical (unpaired) electrons. The highest BCUT2D eigenvalue weighted by Gasteiger charge is 2.22. The number of aryl methyl sites for hydroxylation is 1. The third-order valence-electron chi connectivity index (χ3n) is 5.94. The van der Waals surface area contributed by atoms with Gasteiger partial charge in [0.05, 0.1) is 0 Å². The largest absolute Gasteiger partial charge is 0.353 e. The van der Waals surface area contributed by atoms with Gasteiger partial charge in [0, 0.05) is 67.6 Å². The van der Waals surface area contributed by atoms with Gasteiger partial charge in [0.25, 0.3) is 0 Å². The smallest absolute Gasteiger partial charge is 0.155 e. The molecular formula is C24H27N7. The topological polar surface area (TPSA) is 62.5 Å². The Morgan fingerprint density at radius 2 is 1.77 bits per heavy atom. The SMILES string of the molecule is Cc1cc(-c2c(-c3cccnc3)nc3ccc(N4CCN(C(C)C)CC4)nn23)ccn1. The van der Waals surface area contributed by atoms with E-state index < -0.39 is 0 Å². The van der Waals surface area contributed by atoms with Crippen LogP contribution in [0.5, 0.6) is 0 Å². The van der Waals surface area contributed by atoms with Gasteiger partial charge in [0.15, 0.2) is 5.65 Å². The Bertz CT molecular complexity index is 1190. The van der Waals surface area contributed by atoms with Crippen molar-refractivity contribution in [2.24, 2.45) is 0 Å². The minimum atomic E-state index is 0.579. The van der Waals surface area contributed by atoms with Crippen molar-refractivity contribution in [2.75, 3.05) is 31.1 Å². The molecule has 5 heterocycles. The lowest BCUT2D eigenvalue weighted by molar-refractivity contribution is 0.209. The number of hydrogen-bond donors (Lipinski definition) is 0. The van der Waals surface area contributed by atoms with Gasteiger partial charge < -0.3 is 4.90 Å². The Kier molecular flexibility index (Phi) is 5.11. The van der Waals surface area contributed by atoms with Crippen LogP contribution in [0.3, 0.4) is 0 Å². The summed E-state index contributed by atoms with van der Waals surface area (Å²) in [4.78, 5) is 18.5. The van der Waals surface area contributed by atoms with E-state index in [1.165, 1.54) is 0 Å². The Balaban J connectivity index is 1.61. The predicted molar refractivity (Wildman–Crippen MR) is 123 cm³/mol. The standard InChI is InChI=1S/C24H27N7/c1-17(2)29-11-13-30(14-12-29)22-7-6-21-27-23(20-5-4-9-25-16-20)24(31(21)28-22)19-8-10-26-18(3)15-19/h4-10,15-17H,11-14H2,1-3H3. The molecule has 4 aromatic heterocycles. The summed E-state index contributed by atoms with van der Waals surface area (Å²) >= 11 is 0. The number of anilines is 1. The second kappa shape index (κ2) is 8.07. The van der Waals surface area contributed by atoms with E-state index in [4.69, 9.17) is 10.1 Å². The summed E-state index contributed by atoms with van der Waals surface area (Å²) in [5.74, 6) is 0.984. The minimum absolute atomic E-state index is 0.579. The summed E-state index contributed by atoms with van der Waals surface area (Å²) in [5.41, 5.74) is 5.67. The number of rotatable bonds is 4. The van der Waals surface area contributed by atoms with Crippen LogP contribution in [0.4, 0.5) is 5.82 Å². The first-order chi connectivity index (χ1) is 15.1. The number of piperazine rings is 1. The second-order valence-electron chi connectivity index (χ2n) is 8.31. The van der Waals surface area contributed by atoms with E-state index in [2.05, 4.69) is 51.8 Å². The molecule has 0 N–H and O–H groups in total. The van der Waals surface area contributed by atoms with Crippen molar-refractivity contribution < 1.29 is 0 Å². The van der Waals surface area contributed by atoms with Gasteiger partial charge in [-0.25, -0.2) is 9.50 Å². The van der Waals surface area contributed by atoms with Gasteiger partial charge in [0.1, 0.15) is 17.2 Å². The fourth-order valence-corrected chi connectivity index (χ4v) is 4.22. The summed E-state index contributed by atoms with van der Waals surface area (Å²) in [7, 11) is 0.